The second-order valence-electron chi connectivity index (χ2n) is 5.47. The molecule has 0 aromatic carbocycles. The molecule has 0 aliphatic heterocycles. The molecule has 122 valence electrons. The Morgan fingerprint density at radius 2 is 2.32 bits per heavy atom. The smallest absolute Gasteiger partial charge is 0.280 e. The number of hydrogen-bond donors (Lipinski definition) is 3. The highest BCUT2D eigenvalue weighted by molar-refractivity contribution is 5.70. The Morgan fingerprint density at radius 3 is 2.91 bits per heavy atom. The van der Waals surface area contributed by atoms with Gasteiger partial charge in [0.05, 0.1) is 25.1 Å². The van der Waals surface area contributed by atoms with Crippen molar-refractivity contribution in [3.05, 3.63) is 16.7 Å². The van der Waals surface area contributed by atoms with Crippen LogP contribution in [0, 0.1) is 0 Å². The van der Waals surface area contributed by atoms with E-state index in [-0.39, 0.29) is 30.1 Å². The fourth-order valence-corrected chi connectivity index (χ4v) is 2.35. The first-order valence-electron chi connectivity index (χ1n) is 6.85. The van der Waals surface area contributed by atoms with Gasteiger partial charge in [0.1, 0.15) is 5.67 Å². The molecule has 0 unspecified atom stereocenters. The van der Waals surface area contributed by atoms with Crippen LogP contribution in [0.1, 0.15) is 26.3 Å². The van der Waals surface area contributed by atoms with Crippen molar-refractivity contribution in [2.75, 3.05) is 19.5 Å². The van der Waals surface area contributed by atoms with Crippen molar-refractivity contribution < 1.29 is 14.2 Å². The van der Waals surface area contributed by atoms with E-state index < -0.39 is 23.4 Å². The molecule has 8 nitrogen and oxygen atoms in total. The van der Waals surface area contributed by atoms with Crippen LogP contribution in [-0.2, 0) is 4.74 Å². The van der Waals surface area contributed by atoms with Crippen LogP contribution in [0.2, 0.25) is 0 Å². The number of aromatic nitrogens is 4. The Labute approximate surface area is 126 Å². The van der Waals surface area contributed by atoms with Gasteiger partial charge >= 0.3 is 0 Å². The lowest BCUT2D eigenvalue weighted by atomic mass is 9.93. The normalized spacial score (nSPS) is 17.3. The Morgan fingerprint density at radius 1 is 1.64 bits per heavy atom. The van der Waals surface area contributed by atoms with Crippen LogP contribution in [0.25, 0.3) is 11.2 Å². The molecule has 0 radical (unpaired) electrons. The Hall–Kier alpha value is -2.00. The van der Waals surface area contributed by atoms with Crippen molar-refractivity contribution in [2.24, 2.45) is 0 Å². The number of hydrogen-bond acceptors (Lipinski definition) is 6. The van der Waals surface area contributed by atoms with Crippen LogP contribution in [0.5, 0.6) is 0 Å². The van der Waals surface area contributed by atoms with E-state index in [4.69, 9.17) is 15.6 Å². The van der Waals surface area contributed by atoms with E-state index in [0.717, 1.165) is 0 Å². The van der Waals surface area contributed by atoms with Crippen LogP contribution in [0.3, 0.4) is 0 Å². The van der Waals surface area contributed by atoms with Crippen LogP contribution in [0.15, 0.2) is 11.1 Å². The standard InChI is InChI=1S/C13H20FN5O3/c1-7(13(2,14)4-8(5-20)22-3)19-6-16-9-10(19)17-12(15)18-11(9)21/h6-8,20H,4-5H2,1-3H3,(H3,15,17,18,21)/t7-,8+,13+/m1/s1. The van der Waals surface area contributed by atoms with E-state index in [1.807, 2.05) is 0 Å². The number of alkyl halides is 1. The minimum Gasteiger partial charge on any atom is -0.394 e. The number of ether oxygens (including phenoxy) is 1. The van der Waals surface area contributed by atoms with Crippen LogP contribution in [-0.4, -0.2) is 50.1 Å². The zero-order chi connectivity index (χ0) is 16.5. The van der Waals surface area contributed by atoms with E-state index in [2.05, 4.69) is 15.0 Å². The highest BCUT2D eigenvalue weighted by atomic mass is 19.1. The molecule has 0 aliphatic rings. The number of aliphatic hydroxyl groups is 1. The molecule has 0 fully saturated rings. The van der Waals surface area contributed by atoms with Crippen molar-refractivity contribution >= 4 is 17.1 Å². The summed E-state index contributed by atoms with van der Waals surface area (Å²) in [5, 5.41) is 9.16. The molecule has 4 N–H and O–H groups in total. The predicted molar refractivity (Wildman–Crippen MR) is 79.3 cm³/mol. The van der Waals surface area contributed by atoms with Gasteiger partial charge in [-0.3, -0.25) is 9.78 Å². The first-order chi connectivity index (χ1) is 10.3. The van der Waals surface area contributed by atoms with Crippen molar-refractivity contribution in [3.63, 3.8) is 0 Å². The lowest BCUT2D eigenvalue weighted by molar-refractivity contribution is -0.0116. The molecule has 2 heterocycles. The van der Waals surface area contributed by atoms with E-state index in [9.17, 15) is 4.79 Å². The number of nitrogens with one attached hydrogen (secondary N) is 1. The lowest BCUT2D eigenvalue weighted by Crippen LogP contribution is -2.36. The Bertz CT molecular complexity index is 707. The third-order valence-electron chi connectivity index (χ3n) is 3.90. The number of imidazole rings is 1. The van der Waals surface area contributed by atoms with Gasteiger partial charge in [-0.05, 0) is 13.8 Å². The quantitative estimate of drug-likeness (QED) is 0.709. The molecular weight excluding hydrogens is 293 g/mol. The number of halogens is 1. The summed E-state index contributed by atoms with van der Waals surface area (Å²) in [4.78, 5) is 22.1. The van der Waals surface area contributed by atoms with Gasteiger partial charge in [-0.15, -0.1) is 0 Å². The maximum atomic E-state index is 15.0. The van der Waals surface area contributed by atoms with Gasteiger partial charge in [0.15, 0.2) is 11.2 Å². The summed E-state index contributed by atoms with van der Waals surface area (Å²) in [5.41, 5.74) is 3.66. The summed E-state index contributed by atoms with van der Waals surface area (Å²) in [6.45, 7) is 2.77. The number of aliphatic hydroxyl groups excluding tert-OH is 1. The summed E-state index contributed by atoms with van der Waals surface area (Å²) in [5.74, 6) is -0.0582. The second kappa shape index (κ2) is 6.01. The summed E-state index contributed by atoms with van der Waals surface area (Å²) in [7, 11) is 1.41. The SMILES string of the molecule is CO[C@H](CO)C[C@](C)(F)[C@@H](C)n1cnc2c(=O)[nH]c(N)nc21. The number of H-pyrrole nitrogens is 1. The van der Waals surface area contributed by atoms with Crippen molar-refractivity contribution in [1.82, 2.24) is 19.5 Å². The van der Waals surface area contributed by atoms with Crippen LogP contribution in [0.4, 0.5) is 10.3 Å². The lowest BCUT2D eigenvalue weighted by Gasteiger charge is -2.31. The molecule has 2 aromatic rings. The molecule has 0 amide bonds. The number of nitrogens with two attached hydrogens (primary N) is 1. The number of methoxy groups -OCH3 is 1. The third kappa shape index (κ3) is 2.95. The average Bonchev–Trinajstić information content (AvgIpc) is 2.87. The molecule has 0 bridgehead atoms. The number of fused-ring (bicyclic) bond motifs is 1. The summed E-state index contributed by atoms with van der Waals surface area (Å²) >= 11 is 0. The van der Waals surface area contributed by atoms with E-state index in [0.29, 0.717) is 0 Å². The van der Waals surface area contributed by atoms with Gasteiger partial charge < -0.3 is 20.1 Å². The molecule has 0 saturated heterocycles. The van der Waals surface area contributed by atoms with E-state index >= 15 is 4.39 Å². The number of aromatic amines is 1. The maximum Gasteiger partial charge on any atom is 0.280 e. The molecule has 3 atom stereocenters. The highest BCUT2D eigenvalue weighted by Gasteiger charge is 2.36. The molecule has 0 saturated carbocycles. The second-order valence-corrected chi connectivity index (χ2v) is 5.47. The molecular formula is C13H20FN5O3. The largest absolute Gasteiger partial charge is 0.394 e. The maximum absolute atomic E-state index is 15.0. The number of rotatable bonds is 6. The van der Waals surface area contributed by atoms with Gasteiger partial charge in [-0.25, -0.2) is 9.37 Å². The minimum absolute atomic E-state index is 0.0144. The van der Waals surface area contributed by atoms with Crippen molar-refractivity contribution in [1.29, 1.82) is 0 Å². The highest BCUT2D eigenvalue weighted by Crippen LogP contribution is 2.33. The average molecular weight is 313 g/mol. The monoisotopic (exact) mass is 313 g/mol. The molecule has 22 heavy (non-hydrogen) atoms. The fourth-order valence-electron chi connectivity index (χ4n) is 2.35. The van der Waals surface area contributed by atoms with Crippen molar-refractivity contribution in [2.45, 2.75) is 38.1 Å². The van der Waals surface area contributed by atoms with E-state index in [1.54, 1.807) is 6.92 Å². The summed E-state index contributed by atoms with van der Waals surface area (Å²) < 4.78 is 21.5. The Balaban J connectivity index is 2.40. The number of nitrogen functional groups attached to an aromatic ring is 1. The first-order valence-corrected chi connectivity index (χ1v) is 6.85. The van der Waals surface area contributed by atoms with Gasteiger partial charge in [0.25, 0.3) is 5.56 Å². The summed E-state index contributed by atoms with van der Waals surface area (Å²) in [6.07, 6.45) is 0.725. The Kier molecular flexibility index (Phi) is 4.47. The number of nitrogens with zero attached hydrogens (tertiary/aromatic N) is 3. The van der Waals surface area contributed by atoms with Gasteiger partial charge in [0.2, 0.25) is 5.95 Å². The van der Waals surface area contributed by atoms with E-state index in [1.165, 1.54) is 24.9 Å². The molecule has 2 rings (SSSR count). The minimum atomic E-state index is -1.71. The topological polar surface area (TPSA) is 119 Å². The number of anilines is 1. The summed E-state index contributed by atoms with van der Waals surface area (Å²) in [6, 6.07) is -0.685. The predicted octanol–water partition coefficient (Wildman–Crippen LogP) is 0.388. The van der Waals surface area contributed by atoms with Crippen LogP contribution < -0.4 is 11.3 Å². The zero-order valence-corrected chi connectivity index (χ0v) is 12.7. The molecule has 0 spiro atoms. The molecule has 2 aromatic heterocycles. The van der Waals surface area contributed by atoms with Crippen molar-refractivity contribution in [3.8, 4) is 0 Å². The van der Waals surface area contributed by atoms with Crippen LogP contribution >= 0.6 is 0 Å². The fraction of sp³-hybridized carbons (Fsp3) is 0.615. The molecule has 9 heteroatoms. The zero-order valence-electron chi connectivity index (χ0n) is 12.7. The van der Waals surface area contributed by atoms with Gasteiger partial charge in [-0.2, -0.15) is 4.98 Å². The molecule has 0 aliphatic carbocycles. The third-order valence-corrected chi connectivity index (χ3v) is 3.90. The van der Waals surface area contributed by atoms with Gasteiger partial charge in [0, 0.05) is 13.5 Å². The van der Waals surface area contributed by atoms with Gasteiger partial charge in [-0.1, -0.05) is 0 Å². The first kappa shape index (κ1) is 16.4.